The molecule has 0 spiro atoms. The van der Waals surface area contributed by atoms with Crippen molar-refractivity contribution < 1.29 is 0 Å². The van der Waals surface area contributed by atoms with Crippen LogP contribution in [0.3, 0.4) is 0 Å². The van der Waals surface area contributed by atoms with Crippen molar-refractivity contribution in [3.05, 3.63) is 17.6 Å². The zero-order chi connectivity index (χ0) is 16.7. The summed E-state index contributed by atoms with van der Waals surface area (Å²) in [6, 6.07) is 0. The van der Waals surface area contributed by atoms with Gasteiger partial charge in [0.1, 0.15) is 11.3 Å². The van der Waals surface area contributed by atoms with Crippen LogP contribution in [0.4, 0.5) is 5.82 Å². The summed E-state index contributed by atoms with van der Waals surface area (Å²) in [5, 5.41) is 0. The third-order valence-electron chi connectivity index (χ3n) is 4.13. The number of imidazole rings is 1. The summed E-state index contributed by atoms with van der Waals surface area (Å²) in [5.41, 5.74) is 9.29. The van der Waals surface area contributed by atoms with Crippen LogP contribution in [0.25, 0.3) is 11.0 Å². The molecule has 0 aliphatic rings. The smallest absolute Gasteiger partial charge is 0.151 e. The Morgan fingerprint density at radius 2 is 1.87 bits per heavy atom. The number of pyridine rings is 1. The van der Waals surface area contributed by atoms with E-state index in [9.17, 15) is 0 Å². The van der Waals surface area contributed by atoms with E-state index in [0.29, 0.717) is 5.82 Å². The van der Waals surface area contributed by atoms with Crippen LogP contribution < -0.4 is 5.73 Å². The molecule has 0 aliphatic carbocycles. The first kappa shape index (κ1) is 18.1. The van der Waals surface area contributed by atoms with Gasteiger partial charge in [-0.3, -0.25) is 0 Å². The number of nitrogen functional groups attached to an aromatic ring is 1. The molecule has 0 saturated carbocycles. The number of aromatic nitrogens is 3. The van der Waals surface area contributed by atoms with E-state index in [0.717, 1.165) is 18.5 Å². The van der Waals surface area contributed by atoms with Gasteiger partial charge in [-0.05, 0) is 43.3 Å². The van der Waals surface area contributed by atoms with Crippen LogP contribution in [0.15, 0.2) is 6.20 Å². The van der Waals surface area contributed by atoms with Gasteiger partial charge in [0.05, 0.1) is 5.52 Å². The zero-order valence-electron chi connectivity index (χ0n) is 14.8. The molecule has 4 nitrogen and oxygen atoms in total. The second kappa shape index (κ2) is 9.16. The zero-order valence-corrected chi connectivity index (χ0v) is 15.6. The van der Waals surface area contributed by atoms with E-state index in [2.05, 4.69) is 42.1 Å². The first-order valence-corrected chi connectivity index (χ1v) is 10.0. The molecule has 0 bridgehead atoms. The van der Waals surface area contributed by atoms with Crippen LogP contribution in [0, 0.1) is 6.92 Å². The van der Waals surface area contributed by atoms with Crippen molar-refractivity contribution in [1.82, 2.24) is 14.5 Å². The summed E-state index contributed by atoms with van der Waals surface area (Å²) < 4.78 is 2.39. The average molecular weight is 335 g/mol. The van der Waals surface area contributed by atoms with Crippen LogP contribution >= 0.6 is 11.8 Å². The molecule has 2 aromatic heterocycles. The topological polar surface area (TPSA) is 56.7 Å². The molecule has 5 heteroatoms. The molecule has 2 rings (SSSR count). The van der Waals surface area contributed by atoms with Crippen molar-refractivity contribution in [2.75, 3.05) is 17.2 Å². The summed E-state index contributed by atoms with van der Waals surface area (Å²) >= 11 is 2.07. The van der Waals surface area contributed by atoms with Gasteiger partial charge in [0, 0.05) is 19.2 Å². The molecule has 0 aromatic carbocycles. The maximum absolute atomic E-state index is 6.05. The second-order valence-corrected chi connectivity index (χ2v) is 7.35. The van der Waals surface area contributed by atoms with Gasteiger partial charge < -0.3 is 10.3 Å². The quantitative estimate of drug-likeness (QED) is 0.646. The number of anilines is 1. The van der Waals surface area contributed by atoms with Crippen molar-refractivity contribution in [3.63, 3.8) is 0 Å². The summed E-state index contributed by atoms with van der Waals surface area (Å²) in [4.78, 5) is 9.08. The Bertz CT molecular complexity index is 621. The third-order valence-corrected chi connectivity index (χ3v) is 5.28. The molecule has 2 heterocycles. The van der Waals surface area contributed by atoms with Crippen LogP contribution in [0.2, 0.25) is 0 Å². The minimum absolute atomic E-state index is 0.555. The monoisotopic (exact) mass is 334 g/mol. The van der Waals surface area contributed by atoms with Gasteiger partial charge in [-0.1, -0.05) is 26.7 Å². The Morgan fingerprint density at radius 3 is 2.61 bits per heavy atom. The number of unbranched alkanes of at least 4 members (excludes halogenated alkanes) is 2. The lowest BCUT2D eigenvalue weighted by atomic mass is 10.2. The lowest BCUT2D eigenvalue weighted by molar-refractivity contribution is 0.636. The number of nitrogens with two attached hydrogens (primary N) is 1. The van der Waals surface area contributed by atoms with Crippen LogP contribution in [0.1, 0.15) is 57.3 Å². The van der Waals surface area contributed by atoms with Gasteiger partial charge in [0.15, 0.2) is 5.82 Å². The number of nitrogens with zero attached hydrogens (tertiary/aromatic N) is 3. The normalized spacial score (nSPS) is 11.4. The summed E-state index contributed by atoms with van der Waals surface area (Å²) in [5.74, 6) is 4.22. The maximum Gasteiger partial charge on any atom is 0.151 e. The predicted molar refractivity (Wildman–Crippen MR) is 102 cm³/mol. The second-order valence-electron chi connectivity index (χ2n) is 6.13. The fourth-order valence-electron chi connectivity index (χ4n) is 2.81. The number of thioether (sulfide) groups is 1. The van der Waals surface area contributed by atoms with Crippen LogP contribution in [-0.4, -0.2) is 26.0 Å². The first-order valence-electron chi connectivity index (χ1n) is 8.86. The molecule has 128 valence electrons. The highest BCUT2D eigenvalue weighted by Gasteiger charge is 2.15. The summed E-state index contributed by atoms with van der Waals surface area (Å²) in [6.07, 6.45) is 9.03. The van der Waals surface area contributed by atoms with Crippen molar-refractivity contribution in [3.8, 4) is 0 Å². The molecule has 23 heavy (non-hydrogen) atoms. The fourth-order valence-corrected chi connectivity index (χ4v) is 3.84. The number of rotatable bonds is 10. The number of aryl methyl sites for hydroxylation is 3. The molecule has 0 aliphatic heterocycles. The van der Waals surface area contributed by atoms with E-state index in [1.807, 2.05) is 6.20 Å². The van der Waals surface area contributed by atoms with Gasteiger partial charge >= 0.3 is 0 Å². The van der Waals surface area contributed by atoms with E-state index in [1.54, 1.807) is 0 Å². The van der Waals surface area contributed by atoms with Crippen LogP contribution in [-0.2, 0) is 13.0 Å². The summed E-state index contributed by atoms with van der Waals surface area (Å²) in [6.45, 7) is 7.60. The Morgan fingerprint density at radius 1 is 1.13 bits per heavy atom. The van der Waals surface area contributed by atoms with Gasteiger partial charge in [-0.2, -0.15) is 11.8 Å². The highest BCUT2D eigenvalue weighted by molar-refractivity contribution is 7.99. The Kier molecular flexibility index (Phi) is 7.21. The van der Waals surface area contributed by atoms with E-state index >= 15 is 0 Å². The average Bonchev–Trinajstić information content (AvgIpc) is 2.92. The SMILES string of the molecule is CCCCSCCCn1c(CCCC)nc2c(N)ncc(C)c21. The van der Waals surface area contributed by atoms with E-state index in [-0.39, 0.29) is 0 Å². The third kappa shape index (κ3) is 4.63. The van der Waals surface area contributed by atoms with Crippen molar-refractivity contribution >= 4 is 28.6 Å². The Hall–Kier alpha value is -1.23. The van der Waals surface area contributed by atoms with Gasteiger partial charge in [-0.25, -0.2) is 9.97 Å². The first-order chi connectivity index (χ1) is 11.2. The van der Waals surface area contributed by atoms with E-state index in [4.69, 9.17) is 10.7 Å². The molecule has 2 aromatic rings. The predicted octanol–water partition coefficient (Wildman–Crippen LogP) is 4.59. The Labute approximate surface area is 144 Å². The van der Waals surface area contributed by atoms with Gasteiger partial charge in [0.2, 0.25) is 0 Å². The van der Waals surface area contributed by atoms with E-state index < -0.39 is 0 Å². The molecule has 0 unspecified atom stereocenters. The summed E-state index contributed by atoms with van der Waals surface area (Å²) in [7, 11) is 0. The van der Waals surface area contributed by atoms with Crippen LogP contribution in [0.5, 0.6) is 0 Å². The molecule has 0 saturated heterocycles. The minimum Gasteiger partial charge on any atom is -0.382 e. The maximum atomic E-state index is 6.05. The molecule has 2 N–H and O–H groups in total. The highest BCUT2D eigenvalue weighted by Crippen LogP contribution is 2.25. The largest absolute Gasteiger partial charge is 0.382 e. The minimum atomic E-state index is 0.555. The van der Waals surface area contributed by atoms with Crippen molar-refractivity contribution in [2.45, 2.75) is 65.8 Å². The molecule has 0 amide bonds. The molecule has 0 atom stereocenters. The van der Waals surface area contributed by atoms with Gasteiger partial charge in [0.25, 0.3) is 0 Å². The molecular formula is C18H30N4S. The lowest BCUT2D eigenvalue weighted by Gasteiger charge is -2.10. The number of hydrogen-bond acceptors (Lipinski definition) is 4. The molecule has 0 radical (unpaired) electrons. The Balaban J connectivity index is 2.15. The van der Waals surface area contributed by atoms with E-state index in [1.165, 1.54) is 60.5 Å². The molecule has 0 fully saturated rings. The highest BCUT2D eigenvalue weighted by atomic mass is 32.2. The lowest BCUT2D eigenvalue weighted by Crippen LogP contribution is -2.06. The van der Waals surface area contributed by atoms with Gasteiger partial charge in [-0.15, -0.1) is 0 Å². The van der Waals surface area contributed by atoms with Crippen molar-refractivity contribution in [2.24, 2.45) is 0 Å². The fraction of sp³-hybridized carbons (Fsp3) is 0.667. The standard InChI is InChI=1S/C18H30N4S/c1-4-6-9-15-21-16-17(14(3)13-20-18(16)19)22(15)10-8-12-23-11-7-5-2/h13H,4-12H2,1-3H3,(H2,19,20). The van der Waals surface area contributed by atoms with Crippen molar-refractivity contribution in [1.29, 1.82) is 0 Å². The number of fused-ring (bicyclic) bond motifs is 1. The molecular weight excluding hydrogens is 304 g/mol. The number of hydrogen-bond donors (Lipinski definition) is 1.